The van der Waals surface area contributed by atoms with Gasteiger partial charge in [0.2, 0.25) is 11.8 Å². The highest BCUT2D eigenvalue weighted by Crippen LogP contribution is 2.31. The molecule has 3 atom stereocenters. The lowest BCUT2D eigenvalue weighted by atomic mass is 9.98. The summed E-state index contributed by atoms with van der Waals surface area (Å²) in [4.78, 5) is 37.4. The predicted octanol–water partition coefficient (Wildman–Crippen LogP) is 2.31. The molecule has 0 spiro atoms. The second-order valence-electron chi connectivity index (χ2n) is 6.07. The molecule has 6 nitrogen and oxygen atoms in total. The smallest absolute Gasteiger partial charge is 0.326 e. The minimum Gasteiger partial charge on any atom is -0.480 e. The first-order valence-corrected chi connectivity index (χ1v) is 8.31. The predicted molar refractivity (Wildman–Crippen MR) is 90.9 cm³/mol. The number of nitrogens with zero attached hydrogens (tertiary/aromatic N) is 1. The lowest BCUT2D eigenvalue weighted by Gasteiger charge is -2.22. The maximum Gasteiger partial charge on any atom is 0.326 e. The van der Waals surface area contributed by atoms with Crippen LogP contribution in [0.4, 0.5) is 5.69 Å². The summed E-state index contributed by atoms with van der Waals surface area (Å²) in [5.74, 6) is -2.45. The van der Waals surface area contributed by atoms with Crippen molar-refractivity contribution in [3.05, 3.63) is 29.3 Å². The Balaban J connectivity index is 2.09. The minimum atomic E-state index is -1.06. The fraction of sp³-hybridized carbons (Fsp3) is 0.471. The molecular formula is C17H21ClN2O4. The summed E-state index contributed by atoms with van der Waals surface area (Å²) in [7, 11) is 0. The fourth-order valence-electron chi connectivity index (χ4n) is 2.74. The van der Waals surface area contributed by atoms with Crippen LogP contribution in [0.5, 0.6) is 0 Å². The summed E-state index contributed by atoms with van der Waals surface area (Å²) < 4.78 is 0. The van der Waals surface area contributed by atoms with Crippen LogP contribution in [0.2, 0.25) is 5.02 Å². The van der Waals surface area contributed by atoms with Crippen LogP contribution in [0.15, 0.2) is 24.3 Å². The summed E-state index contributed by atoms with van der Waals surface area (Å²) in [6, 6.07) is 5.98. The number of hydrogen-bond donors (Lipinski definition) is 2. The summed E-state index contributed by atoms with van der Waals surface area (Å²) in [5, 5.41) is 12.3. The van der Waals surface area contributed by atoms with E-state index in [0.717, 1.165) is 0 Å². The number of amides is 2. The Morgan fingerprint density at radius 1 is 1.42 bits per heavy atom. The van der Waals surface area contributed by atoms with Crippen LogP contribution in [0.3, 0.4) is 0 Å². The molecular weight excluding hydrogens is 332 g/mol. The SMILES string of the molecule is CC[C@H](C)[C@H](NC(=O)C1CC(=O)N(c2ccccc2Cl)C1)C(=O)O. The van der Waals surface area contributed by atoms with E-state index in [0.29, 0.717) is 17.1 Å². The zero-order valence-corrected chi connectivity index (χ0v) is 14.4. The summed E-state index contributed by atoms with van der Waals surface area (Å²) in [6.45, 7) is 3.83. The van der Waals surface area contributed by atoms with Gasteiger partial charge in [-0.3, -0.25) is 9.59 Å². The van der Waals surface area contributed by atoms with E-state index in [1.807, 2.05) is 6.92 Å². The van der Waals surface area contributed by atoms with Gasteiger partial charge >= 0.3 is 5.97 Å². The molecule has 1 unspecified atom stereocenters. The number of carboxylic acid groups (broad SMARTS) is 1. The van der Waals surface area contributed by atoms with E-state index in [1.54, 1.807) is 31.2 Å². The summed E-state index contributed by atoms with van der Waals surface area (Å²) in [6.07, 6.45) is 0.677. The zero-order valence-electron chi connectivity index (χ0n) is 13.7. The monoisotopic (exact) mass is 352 g/mol. The van der Waals surface area contributed by atoms with Gasteiger partial charge in [-0.25, -0.2) is 4.79 Å². The first kappa shape index (κ1) is 18.3. The molecule has 1 aliphatic rings. The van der Waals surface area contributed by atoms with Gasteiger partial charge in [-0.15, -0.1) is 0 Å². The van der Waals surface area contributed by atoms with Crippen LogP contribution in [0.25, 0.3) is 0 Å². The van der Waals surface area contributed by atoms with Gasteiger partial charge in [0.25, 0.3) is 0 Å². The molecule has 0 saturated carbocycles. The normalized spacial score (nSPS) is 19.9. The van der Waals surface area contributed by atoms with Gasteiger partial charge in [-0.2, -0.15) is 0 Å². The summed E-state index contributed by atoms with van der Waals surface area (Å²) in [5.41, 5.74) is 0.566. The molecule has 0 bridgehead atoms. The molecule has 1 aromatic carbocycles. The number of para-hydroxylation sites is 1. The highest BCUT2D eigenvalue weighted by atomic mass is 35.5. The molecule has 1 aliphatic heterocycles. The number of carbonyl (C=O) groups excluding carboxylic acids is 2. The van der Waals surface area contributed by atoms with Gasteiger partial charge in [0.05, 0.1) is 16.6 Å². The van der Waals surface area contributed by atoms with Gasteiger partial charge in [-0.1, -0.05) is 44.0 Å². The molecule has 0 aliphatic carbocycles. The number of halogens is 1. The Kier molecular flexibility index (Phi) is 5.83. The topological polar surface area (TPSA) is 86.7 Å². The molecule has 0 radical (unpaired) electrons. The average molecular weight is 353 g/mol. The Labute approximate surface area is 145 Å². The molecule has 2 rings (SSSR count). The van der Waals surface area contributed by atoms with Crippen molar-refractivity contribution in [2.24, 2.45) is 11.8 Å². The number of rotatable bonds is 6. The van der Waals surface area contributed by atoms with Crippen molar-refractivity contribution in [3.8, 4) is 0 Å². The van der Waals surface area contributed by atoms with Crippen molar-refractivity contribution in [3.63, 3.8) is 0 Å². The van der Waals surface area contributed by atoms with E-state index in [9.17, 15) is 19.5 Å². The summed E-state index contributed by atoms with van der Waals surface area (Å²) >= 11 is 6.11. The van der Waals surface area contributed by atoms with E-state index < -0.39 is 23.8 Å². The van der Waals surface area contributed by atoms with Crippen LogP contribution in [0.1, 0.15) is 26.7 Å². The van der Waals surface area contributed by atoms with Crippen molar-refractivity contribution in [2.45, 2.75) is 32.7 Å². The van der Waals surface area contributed by atoms with Gasteiger partial charge in [0.1, 0.15) is 6.04 Å². The maximum atomic E-state index is 12.4. The zero-order chi connectivity index (χ0) is 17.9. The molecule has 1 aromatic rings. The van der Waals surface area contributed by atoms with E-state index in [1.165, 1.54) is 4.90 Å². The fourth-order valence-corrected chi connectivity index (χ4v) is 2.98. The maximum absolute atomic E-state index is 12.4. The van der Waals surface area contributed by atoms with E-state index in [4.69, 9.17) is 11.6 Å². The third-order valence-corrected chi connectivity index (χ3v) is 4.74. The molecule has 2 amide bonds. The van der Waals surface area contributed by atoms with Gasteiger partial charge in [-0.05, 0) is 18.1 Å². The van der Waals surface area contributed by atoms with Gasteiger partial charge < -0.3 is 15.3 Å². The first-order chi connectivity index (χ1) is 11.3. The van der Waals surface area contributed by atoms with Gasteiger partial charge in [0.15, 0.2) is 0 Å². The quantitative estimate of drug-likeness (QED) is 0.822. The number of carbonyl (C=O) groups is 3. The average Bonchev–Trinajstić information content (AvgIpc) is 2.93. The molecule has 7 heteroatoms. The van der Waals surface area contributed by atoms with Crippen LogP contribution in [0, 0.1) is 11.8 Å². The molecule has 1 fully saturated rings. The lowest BCUT2D eigenvalue weighted by molar-refractivity contribution is -0.143. The molecule has 130 valence electrons. The van der Waals surface area contributed by atoms with Crippen molar-refractivity contribution < 1.29 is 19.5 Å². The highest BCUT2D eigenvalue weighted by Gasteiger charge is 2.37. The first-order valence-electron chi connectivity index (χ1n) is 7.93. The van der Waals surface area contributed by atoms with Gasteiger partial charge in [0, 0.05) is 13.0 Å². The van der Waals surface area contributed by atoms with E-state index >= 15 is 0 Å². The largest absolute Gasteiger partial charge is 0.480 e. The number of benzene rings is 1. The highest BCUT2D eigenvalue weighted by molar-refractivity contribution is 6.33. The van der Waals surface area contributed by atoms with Crippen molar-refractivity contribution >= 4 is 35.1 Å². The standard InChI is InChI=1S/C17H21ClN2O4/c1-3-10(2)15(17(23)24)19-16(22)11-8-14(21)20(9-11)13-7-5-4-6-12(13)18/h4-7,10-11,15H,3,8-9H2,1-2H3,(H,19,22)(H,23,24)/t10-,11?,15-/m0/s1. The molecule has 1 saturated heterocycles. The lowest BCUT2D eigenvalue weighted by Crippen LogP contribution is -2.47. The Morgan fingerprint density at radius 3 is 2.67 bits per heavy atom. The number of anilines is 1. The number of aliphatic carboxylic acids is 1. The number of carboxylic acids is 1. The van der Waals surface area contributed by atoms with Crippen LogP contribution < -0.4 is 10.2 Å². The van der Waals surface area contributed by atoms with Crippen molar-refractivity contribution in [2.75, 3.05) is 11.4 Å². The van der Waals surface area contributed by atoms with E-state index in [2.05, 4.69) is 5.32 Å². The molecule has 24 heavy (non-hydrogen) atoms. The second-order valence-corrected chi connectivity index (χ2v) is 6.47. The van der Waals surface area contributed by atoms with Crippen LogP contribution >= 0.6 is 11.6 Å². The number of nitrogens with one attached hydrogen (secondary N) is 1. The molecule has 0 aromatic heterocycles. The molecule has 2 N–H and O–H groups in total. The van der Waals surface area contributed by atoms with E-state index in [-0.39, 0.29) is 24.8 Å². The van der Waals surface area contributed by atoms with Crippen LogP contribution in [-0.2, 0) is 14.4 Å². The third-order valence-electron chi connectivity index (χ3n) is 4.42. The molecule has 1 heterocycles. The van der Waals surface area contributed by atoms with Crippen molar-refractivity contribution in [1.82, 2.24) is 5.32 Å². The van der Waals surface area contributed by atoms with Crippen molar-refractivity contribution in [1.29, 1.82) is 0 Å². The Hall–Kier alpha value is -2.08. The minimum absolute atomic E-state index is 0.0455. The Bertz CT molecular complexity index is 649. The second kappa shape index (κ2) is 7.66. The number of hydrogen-bond acceptors (Lipinski definition) is 3. The van der Waals surface area contributed by atoms with Crippen LogP contribution in [-0.4, -0.2) is 35.5 Å². The third kappa shape index (κ3) is 3.87. The Morgan fingerprint density at radius 2 is 2.08 bits per heavy atom.